The van der Waals surface area contributed by atoms with Crippen LogP contribution in [0.4, 0.5) is 0 Å². The predicted octanol–water partition coefficient (Wildman–Crippen LogP) is 3.31. The molecule has 0 saturated heterocycles. The SMILES string of the molecule is C=C1CC(CC)CC(C)(CNC(=O)c2ccc(C(=O)NO)cc2)C1. The summed E-state index contributed by atoms with van der Waals surface area (Å²) in [5, 5.41) is 11.6. The molecule has 3 N–H and O–H groups in total. The van der Waals surface area contributed by atoms with Gasteiger partial charge in [0.15, 0.2) is 0 Å². The lowest BCUT2D eigenvalue weighted by Crippen LogP contribution is -2.39. The number of hydroxylamine groups is 1. The Bertz CT molecular complexity index is 624. The van der Waals surface area contributed by atoms with Crippen LogP contribution in [0, 0.1) is 11.3 Å². The normalized spacial score (nSPS) is 23.6. The molecule has 0 bridgehead atoms. The van der Waals surface area contributed by atoms with Gasteiger partial charge in [0.25, 0.3) is 11.8 Å². The molecule has 0 aliphatic heterocycles. The molecule has 2 amide bonds. The van der Waals surface area contributed by atoms with Crippen LogP contribution in [-0.2, 0) is 0 Å². The van der Waals surface area contributed by atoms with E-state index in [-0.39, 0.29) is 11.3 Å². The van der Waals surface area contributed by atoms with Gasteiger partial charge in [0, 0.05) is 17.7 Å². The molecule has 130 valence electrons. The zero-order valence-corrected chi connectivity index (χ0v) is 14.4. The maximum absolute atomic E-state index is 12.3. The molecule has 1 aliphatic carbocycles. The molecule has 5 heteroatoms. The highest BCUT2D eigenvalue weighted by Crippen LogP contribution is 2.42. The second kappa shape index (κ2) is 7.62. The van der Waals surface area contributed by atoms with E-state index in [4.69, 9.17) is 5.21 Å². The summed E-state index contributed by atoms with van der Waals surface area (Å²) < 4.78 is 0. The summed E-state index contributed by atoms with van der Waals surface area (Å²) in [4.78, 5) is 23.6. The first-order chi connectivity index (χ1) is 11.4. The Hall–Kier alpha value is -2.14. The zero-order chi connectivity index (χ0) is 17.7. The highest BCUT2D eigenvalue weighted by molar-refractivity contribution is 5.97. The third-order valence-corrected chi connectivity index (χ3v) is 4.80. The van der Waals surface area contributed by atoms with Crippen molar-refractivity contribution in [3.63, 3.8) is 0 Å². The molecule has 1 saturated carbocycles. The van der Waals surface area contributed by atoms with Crippen LogP contribution in [0.3, 0.4) is 0 Å². The summed E-state index contributed by atoms with van der Waals surface area (Å²) in [6.07, 6.45) is 4.27. The third-order valence-electron chi connectivity index (χ3n) is 4.80. The van der Waals surface area contributed by atoms with Crippen LogP contribution >= 0.6 is 0 Å². The van der Waals surface area contributed by atoms with Gasteiger partial charge in [-0.25, -0.2) is 5.48 Å². The lowest BCUT2D eigenvalue weighted by molar-refractivity contribution is 0.0706. The quantitative estimate of drug-likeness (QED) is 0.440. The Morgan fingerprint density at radius 2 is 1.83 bits per heavy atom. The fraction of sp³-hybridized carbons (Fsp3) is 0.474. The lowest BCUT2D eigenvalue weighted by Gasteiger charge is -2.39. The highest BCUT2D eigenvalue weighted by atomic mass is 16.5. The Balaban J connectivity index is 1.97. The van der Waals surface area contributed by atoms with Crippen LogP contribution in [-0.4, -0.2) is 23.6 Å². The second-order valence-electron chi connectivity index (χ2n) is 7.12. The summed E-state index contributed by atoms with van der Waals surface area (Å²) in [5.74, 6) is -0.110. The van der Waals surface area contributed by atoms with E-state index in [0.717, 1.165) is 25.7 Å². The molecule has 0 spiro atoms. The van der Waals surface area contributed by atoms with E-state index < -0.39 is 5.91 Å². The van der Waals surface area contributed by atoms with Crippen molar-refractivity contribution in [2.75, 3.05) is 6.54 Å². The van der Waals surface area contributed by atoms with Crippen molar-refractivity contribution in [3.05, 3.63) is 47.5 Å². The number of carbonyl (C=O) groups excluding carboxylic acids is 2. The first kappa shape index (κ1) is 18.2. The molecule has 1 aliphatic rings. The Morgan fingerprint density at radius 1 is 1.25 bits per heavy atom. The molecule has 1 aromatic carbocycles. The second-order valence-corrected chi connectivity index (χ2v) is 7.12. The molecule has 0 radical (unpaired) electrons. The maximum atomic E-state index is 12.3. The van der Waals surface area contributed by atoms with Crippen molar-refractivity contribution in [2.45, 2.75) is 39.5 Å². The summed E-state index contributed by atoms with van der Waals surface area (Å²) in [6.45, 7) is 9.17. The first-order valence-corrected chi connectivity index (χ1v) is 8.36. The number of hydrogen-bond acceptors (Lipinski definition) is 3. The number of allylic oxidation sites excluding steroid dienone is 1. The molecular weight excluding hydrogens is 304 g/mol. The number of hydrogen-bond donors (Lipinski definition) is 3. The van der Waals surface area contributed by atoms with E-state index in [1.54, 1.807) is 17.6 Å². The number of nitrogens with one attached hydrogen (secondary N) is 2. The van der Waals surface area contributed by atoms with Gasteiger partial charge in [0.1, 0.15) is 0 Å². The van der Waals surface area contributed by atoms with Gasteiger partial charge in [0.2, 0.25) is 0 Å². The Kier molecular flexibility index (Phi) is 5.78. The molecule has 0 aromatic heterocycles. The lowest BCUT2D eigenvalue weighted by atomic mass is 9.68. The molecule has 1 fully saturated rings. The van der Waals surface area contributed by atoms with Gasteiger partial charge in [-0.3, -0.25) is 14.8 Å². The van der Waals surface area contributed by atoms with E-state index in [1.807, 2.05) is 0 Å². The summed E-state index contributed by atoms with van der Waals surface area (Å²) in [6, 6.07) is 6.18. The maximum Gasteiger partial charge on any atom is 0.274 e. The van der Waals surface area contributed by atoms with Gasteiger partial charge >= 0.3 is 0 Å². The summed E-state index contributed by atoms with van der Waals surface area (Å²) >= 11 is 0. The van der Waals surface area contributed by atoms with Crippen LogP contribution in [0.2, 0.25) is 0 Å². The van der Waals surface area contributed by atoms with Gasteiger partial charge in [-0.2, -0.15) is 0 Å². The largest absolute Gasteiger partial charge is 0.351 e. The highest BCUT2D eigenvalue weighted by Gasteiger charge is 2.33. The number of rotatable bonds is 5. The van der Waals surface area contributed by atoms with Crippen molar-refractivity contribution >= 4 is 11.8 Å². The molecule has 2 rings (SSSR count). The number of amides is 2. The van der Waals surface area contributed by atoms with Crippen molar-refractivity contribution in [1.82, 2.24) is 10.8 Å². The smallest absolute Gasteiger partial charge is 0.274 e. The van der Waals surface area contributed by atoms with E-state index in [1.165, 1.54) is 17.7 Å². The van der Waals surface area contributed by atoms with Gasteiger partial charge in [-0.05, 0) is 54.9 Å². The molecule has 1 aromatic rings. The summed E-state index contributed by atoms with van der Waals surface area (Å²) in [7, 11) is 0. The Labute approximate surface area is 143 Å². The van der Waals surface area contributed by atoms with E-state index in [2.05, 4.69) is 25.7 Å². The average molecular weight is 330 g/mol. The third kappa shape index (κ3) is 4.45. The number of benzene rings is 1. The average Bonchev–Trinajstić information content (AvgIpc) is 2.58. The minimum atomic E-state index is -0.596. The molecule has 2 unspecified atom stereocenters. The molecule has 5 nitrogen and oxygen atoms in total. The van der Waals surface area contributed by atoms with Crippen LogP contribution in [0.25, 0.3) is 0 Å². The van der Waals surface area contributed by atoms with Gasteiger partial charge in [-0.1, -0.05) is 32.4 Å². The first-order valence-electron chi connectivity index (χ1n) is 8.36. The van der Waals surface area contributed by atoms with Crippen molar-refractivity contribution in [1.29, 1.82) is 0 Å². The fourth-order valence-electron chi connectivity index (χ4n) is 3.58. The van der Waals surface area contributed by atoms with Crippen molar-refractivity contribution in [3.8, 4) is 0 Å². The minimum absolute atomic E-state index is 0.0440. The predicted molar refractivity (Wildman–Crippen MR) is 92.9 cm³/mol. The van der Waals surface area contributed by atoms with Crippen molar-refractivity contribution < 1.29 is 14.8 Å². The molecule has 24 heavy (non-hydrogen) atoms. The standard InChI is InChI=1S/C19H26N2O3/c1-4-14-9-13(2)10-19(3,11-14)12-20-17(22)15-5-7-16(8-6-15)18(23)21-24/h5-8,14,24H,2,4,9-12H2,1,3H3,(H,20,22)(H,21,23). The zero-order valence-electron chi connectivity index (χ0n) is 14.4. The van der Waals surface area contributed by atoms with E-state index >= 15 is 0 Å². The van der Waals surface area contributed by atoms with Crippen LogP contribution in [0.15, 0.2) is 36.4 Å². The minimum Gasteiger partial charge on any atom is -0.351 e. The molecule has 2 atom stereocenters. The topological polar surface area (TPSA) is 78.4 Å². The monoisotopic (exact) mass is 330 g/mol. The summed E-state index contributed by atoms with van der Waals surface area (Å²) in [5.41, 5.74) is 3.68. The molecular formula is C19H26N2O3. The van der Waals surface area contributed by atoms with Gasteiger partial charge in [-0.15, -0.1) is 0 Å². The van der Waals surface area contributed by atoms with Crippen molar-refractivity contribution in [2.24, 2.45) is 11.3 Å². The van der Waals surface area contributed by atoms with E-state index in [0.29, 0.717) is 23.6 Å². The van der Waals surface area contributed by atoms with Crippen LogP contribution < -0.4 is 10.8 Å². The molecule has 0 heterocycles. The number of carbonyl (C=O) groups is 2. The van der Waals surface area contributed by atoms with Gasteiger partial charge in [0.05, 0.1) is 0 Å². The Morgan fingerprint density at radius 3 is 2.38 bits per heavy atom. The van der Waals surface area contributed by atoms with Crippen LogP contribution in [0.1, 0.15) is 60.2 Å². The van der Waals surface area contributed by atoms with E-state index in [9.17, 15) is 9.59 Å². The van der Waals surface area contributed by atoms with Gasteiger partial charge < -0.3 is 5.32 Å². The fourth-order valence-corrected chi connectivity index (χ4v) is 3.58. The van der Waals surface area contributed by atoms with Crippen LogP contribution in [0.5, 0.6) is 0 Å².